The van der Waals surface area contributed by atoms with Crippen molar-refractivity contribution in [2.75, 3.05) is 32.8 Å². The van der Waals surface area contributed by atoms with E-state index in [0.717, 1.165) is 22.6 Å². The van der Waals surface area contributed by atoms with Gasteiger partial charge in [0.05, 0.1) is 34.1 Å². The van der Waals surface area contributed by atoms with Crippen LogP contribution < -0.4 is 23.8 Å². The number of alkyl halides is 2. The molecule has 2 aromatic carbocycles. The standard InChI is InChI=1S/C24H27F2N3O4/c1-30-19-8-4-17(5-9-19)15-29(16-18-6-10-20(31-2)11-7-18)24-27-14-21(23(28-24)32-3)33-13-12-22(25)26/h4-11,14,22H,12-13,15-16H2,1-3H3. The molecule has 0 N–H and O–H groups in total. The van der Waals surface area contributed by atoms with E-state index in [1.54, 1.807) is 14.2 Å². The number of methoxy groups -OCH3 is 3. The molecule has 3 aromatic rings. The molecule has 0 radical (unpaired) electrons. The Morgan fingerprint density at radius 1 is 0.818 bits per heavy atom. The normalized spacial score (nSPS) is 10.7. The zero-order valence-corrected chi connectivity index (χ0v) is 18.8. The van der Waals surface area contributed by atoms with E-state index in [0.29, 0.717) is 19.0 Å². The van der Waals surface area contributed by atoms with Gasteiger partial charge in [0.25, 0.3) is 5.88 Å². The Morgan fingerprint density at radius 2 is 1.36 bits per heavy atom. The quantitative estimate of drug-likeness (QED) is 0.387. The van der Waals surface area contributed by atoms with Crippen molar-refractivity contribution in [2.24, 2.45) is 0 Å². The fraction of sp³-hybridized carbons (Fsp3) is 0.333. The number of hydrogen-bond acceptors (Lipinski definition) is 7. The largest absolute Gasteiger partial charge is 0.497 e. The molecule has 3 rings (SSSR count). The lowest BCUT2D eigenvalue weighted by Gasteiger charge is -2.24. The first-order valence-corrected chi connectivity index (χ1v) is 10.3. The van der Waals surface area contributed by atoms with Crippen molar-refractivity contribution in [3.8, 4) is 23.1 Å². The molecule has 9 heteroatoms. The van der Waals surface area contributed by atoms with Gasteiger partial charge in [-0.2, -0.15) is 4.98 Å². The molecule has 0 spiro atoms. The lowest BCUT2D eigenvalue weighted by Crippen LogP contribution is -2.24. The third kappa shape index (κ3) is 6.93. The first-order valence-electron chi connectivity index (χ1n) is 10.3. The molecule has 1 heterocycles. The smallest absolute Gasteiger partial charge is 0.261 e. The van der Waals surface area contributed by atoms with Crippen LogP contribution in [0, 0.1) is 0 Å². The number of aromatic nitrogens is 2. The van der Waals surface area contributed by atoms with E-state index >= 15 is 0 Å². The lowest BCUT2D eigenvalue weighted by molar-refractivity contribution is 0.113. The number of anilines is 1. The first kappa shape index (κ1) is 24.0. The highest BCUT2D eigenvalue weighted by molar-refractivity contribution is 5.42. The SMILES string of the molecule is COc1ccc(CN(Cc2ccc(OC)cc2)c2ncc(OCCC(F)F)c(OC)n2)cc1. The lowest BCUT2D eigenvalue weighted by atomic mass is 10.1. The molecule has 0 atom stereocenters. The van der Waals surface area contributed by atoms with Gasteiger partial charge in [-0.3, -0.25) is 0 Å². The second kappa shape index (κ2) is 11.8. The number of hydrogen-bond donors (Lipinski definition) is 0. The van der Waals surface area contributed by atoms with Crippen LogP contribution in [0.25, 0.3) is 0 Å². The Kier molecular flexibility index (Phi) is 8.63. The van der Waals surface area contributed by atoms with E-state index in [2.05, 4.69) is 9.97 Å². The number of halogens is 2. The molecule has 33 heavy (non-hydrogen) atoms. The fourth-order valence-electron chi connectivity index (χ4n) is 3.10. The zero-order valence-electron chi connectivity index (χ0n) is 18.8. The van der Waals surface area contributed by atoms with Gasteiger partial charge in [0.1, 0.15) is 11.5 Å². The zero-order chi connectivity index (χ0) is 23.6. The maximum absolute atomic E-state index is 12.4. The molecule has 0 bridgehead atoms. The van der Waals surface area contributed by atoms with E-state index in [1.165, 1.54) is 13.3 Å². The predicted molar refractivity (Wildman–Crippen MR) is 121 cm³/mol. The van der Waals surface area contributed by atoms with E-state index in [1.807, 2.05) is 53.4 Å². The van der Waals surface area contributed by atoms with Gasteiger partial charge in [0, 0.05) is 19.5 Å². The van der Waals surface area contributed by atoms with Gasteiger partial charge in [-0.25, -0.2) is 13.8 Å². The Labute approximate surface area is 191 Å². The number of nitrogens with zero attached hydrogens (tertiary/aromatic N) is 3. The molecule has 0 aliphatic rings. The van der Waals surface area contributed by atoms with Crippen molar-refractivity contribution in [3.63, 3.8) is 0 Å². The van der Waals surface area contributed by atoms with E-state index < -0.39 is 6.43 Å². The summed E-state index contributed by atoms with van der Waals surface area (Å²) in [5, 5.41) is 0. The Hall–Kier alpha value is -3.62. The monoisotopic (exact) mass is 459 g/mol. The number of ether oxygens (including phenoxy) is 4. The number of benzene rings is 2. The van der Waals surface area contributed by atoms with Crippen LogP contribution in [0.1, 0.15) is 17.5 Å². The Balaban J connectivity index is 1.85. The van der Waals surface area contributed by atoms with Crippen molar-refractivity contribution in [1.82, 2.24) is 9.97 Å². The van der Waals surface area contributed by atoms with Crippen LogP contribution in [-0.2, 0) is 13.1 Å². The summed E-state index contributed by atoms with van der Waals surface area (Å²) in [5.74, 6) is 2.35. The van der Waals surface area contributed by atoms with Crippen molar-refractivity contribution in [1.29, 1.82) is 0 Å². The van der Waals surface area contributed by atoms with Gasteiger partial charge in [0.15, 0.2) is 5.75 Å². The van der Waals surface area contributed by atoms with Gasteiger partial charge in [-0.05, 0) is 35.4 Å². The minimum absolute atomic E-state index is 0.155. The Morgan fingerprint density at radius 3 is 1.82 bits per heavy atom. The van der Waals surface area contributed by atoms with Gasteiger partial charge in [-0.1, -0.05) is 24.3 Å². The average molecular weight is 459 g/mol. The topological polar surface area (TPSA) is 65.9 Å². The summed E-state index contributed by atoms with van der Waals surface area (Å²) < 4.78 is 46.1. The summed E-state index contributed by atoms with van der Waals surface area (Å²) in [7, 11) is 4.69. The van der Waals surface area contributed by atoms with Crippen molar-refractivity contribution >= 4 is 5.95 Å². The molecule has 7 nitrogen and oxygen atoms in total. The van der Waals surface area contributed by atoms with E-state index in [4.69, 9.17) is 18.9 Å². The molecule has 0 saturated carbocycles. The van der Waals surface area contributed by atoms with Gasteiger partial charge in [0.2, 0.25) is 12.4 Å². The van der Waals surface area contributed by atoms with Gasteiger partial charge >= 0.3 is 0 Å². The van der Waals surface area contributed by atoms with Crippen LogP contribution in [0.5, 0.6) is 23.1 Å². The molecule has 0 aliphatic heterocycles. The predicted octanol–water partition coefficient (Wildman–Crippen LogP) is 4.74. The molecule has 0 fully saturated rings. The second-order valence-corrected chi connectivity index (χ2v) is 7.12. The van der Waals surface area contributed by atoms with Crippen molar-refractivity contribution in [3.05, 3.63) is 65.9 Å². The van der Waals surface area contributed by atoms with E-state index in [-0.39, 0.29) is 24.7 Å². The van der Waals surface area contributed by atoms with Gasteiger partial charge < -0.3 is 23.8 Å². The molecule has 0 unspecified atom stereocenters. The Bertz CT molecular complexity index is 952. The molecule has 0 saturated heterocycles. The summed E-state index contributed by atoms with van der Waals surface area (Å²) in [6.45, 7) is 0.883. The van der Waals surface area contributed by atoms with E-state index in [9.17, 15) is 8.78 Å². The highest BCUT2D eigenvalue weighted by atomic mass is 19.3. The van der Waals surface area contributed by atoms with Crippen LogP contribution in [-0.4, -0.2) is 44.3 Å². The first-order chi connectivity index (χ1) is 16.0. The highest BCUT2D eigenvalue weighted by Gasteiger charge is 2.17. The molecule has 0 amide bonds. The summed E-state index contributed by atoms with van der Waals surface area (Å²) in [6.07, 6.45) is -1.38. The van der Waals surface area contributed by atoms with Crippen molar-refractivity contribution < 1.29 is 27.7 Å². The minimum atomic E-state index is -2.44. The van der Waals surface area contributed by atoms with Crippen LogP contribution in [0.4, 0.5) is 14.7 Å². The second-order valence-electron chi connectivity index (χ2n) is 7.12. The average Bonchev–Trinajstić information content (AvgIpc) is 2.84. The third-order valence-corrected chi connectivity index (χ3v) is 4.84. The maximum Gasteiger partial charge on any atom is 0.261 e. The van der Waals surface area contributed by atoms with Crippen LogP contribution >= 0.6 is 0 Å². The number of rotatable bonds is 12. The summed E-state index contributed by atoms with van der Waals surface area (Å²) >= 11 is 0. The van der Waals surface area contributed by atoms with Crippen LogP contribution in [0.15, 0.2) is 54.7 Å². The summed E-state index contributed by atoms with van der Waals surface area (Å²) in [5.41, 5.74) is 2.06. The maximum atomic E-state index is 12.4. The van der Waals surface area contributed by atoms with Crippen LogP contribution in [0.3, 0.4) is 0 Å². The summed E-state index contributed by atoms with van der Waals surface area (Å²) in [4.78, 5) is 10.9. The fourth-order valence-corrected chi connectivity index (χ4v) is 3.10. The molecule has 176 valence electrons. The molecule has 0 aliphatic carbocycles. The summed E-state index contributed by atoms with van der Waals surface area (Å²) in [6, 6.07) is 15.4. The molecule has 1 aromatic heterocycles. The highest BCUT2D eigenvalue weighted by Crippen LogP contribution is 2.28. The minimum Gasteiger partial charge on any atom is -0.497 e. The molecular weight excluding hydrogens is 432 g/mol. The van der Waals surface area contributed by atoms with Crippen molar-refractivity contribution in [2.45, 2.75) is 25.9 Å². The van der Waals surface area contributed by atoms with Gasteiger partial charge in [-0.15, -0.1) is 0 Å². The molecular formula is C24H27F2N3O4. The third-order valence-electron chi connectivity index (χ3n) is 4.84. The van der Waals surface area contributed by atoms with Crippen LogP contribution in [0.2, 0.25) is 0 Å².